The van der Waals surface area contributed by atoms with Gasteiger partial charge >= 0.3 is 11.9 Å². The number of rotatable bonds is 12. The first-order valence-corrected chi connectivity index (χ1v) is 15.7. The van der Waals surface area contributed by atoms with E-state index < -0.39 is 58.8 Å². The number of carbonyl (C=O) groups is 3. The Hall–Kier alpha value is -3.64. The van der Waals surface area contributed by atoms with Crippen molar-refractivity contribution in [1.29, 1.82) is 10.7 Å². The van der Waals surface area contributed by atoms with Crippen molar-refractivity contribution >= 4 is 30.0 Å². The molecule has 1 saturated heterocycles. The molecule has 46 heavy (non-hydrogen) atoms. The van der Waals surface area contributed by atoms with Crippen molar-refractivity contribution in [1.82, 2.24) is 10.3 Å². The number of esters is 2. The van der Waals surface area contributed by atoms with Crippen molar-refractivity contribution in [2.45, 2.75) is 116 Å². The maximum Gasteiger partial charge on any atom is 0.323 e. The van der Waals surface area contributed by atoms with Gasteiger partial charge in [-0.3, -0.25) is 19.8 Å². The Morgan fingerprint density at radius 2 is 1.93 bits per heavy atom. The molecule has 6 N–H and O–H groups in total. The van der Waals surface area contributed by atoms with Crippen molar-refractivity contribution in [3.8, 4) is 6.07 Å². The molecule has 1 aromatic rings. The van der Waals surface area contributed by atoms with Crippen molar-refractivity contribution in [3.05, 3.63) is 23.5 Å². The molecule has 5 atom stereocenters. The lowest BCUT2D eigenvalue weighted by Gasteiger charge is -2.29. The van der Waals surface area contributed by atoms with Gasteiger partial charge in [0.1, 0.15) is 42.9 Å². The first-order chi connectivity index (χ1) is 21.6. The summed E-state index contributed by atoms with van der Waals surface area (Å²) in [6.45, 7) is 10.1. The van der Waals surface area contributed by atoms with Gasteiger partial charge < -0.3 is 40.1 Å². The van der Waals surface area contributed by atoms with Crippen LogP contribution in [-0.2, 0) is 38.9 Å². The molecule has 0 spiro atoms. The number of amidine groups is 1. The number of aliphatic hydroxyl groups is 1. The third kappa shape index (κ3) is 8.58. The molecule has 2 fully saturated rings. The molecule has 1 amide bonds. The summed E-state index contributed by atoms with van der Waals surface area (Å²) >= 11 is 0. The van der Waals surface area contributed by atoms with Crippen LogP contribution < -0.4 is 11.1 Å². The van der Waals surface area contributed by atoms with E-state index in [1.165, 1.54) is 12.1 Å². The monoisotopic (exact) mass is 644 g/mol. The van der Waals surface area contributed by atoms with E-state index in [2.05, 4.69) is 15.3 Å². The highest BCUT2D eigenvalue weighted by atomic mass is 16.6. The number of nitrogens with one attached hydrogen (secondary N) is 3. The van der Waals surface area contributed by atoms with E-state index in [1.807, 2.05) is 6.07 Å². The van der Waals surface area contributed by atoms with Crippen molar-refractivity contribution in [3.63, 3.8) is 0 Å². The highest BCUT2D eigenvalue weighted by Gasteiger charge is 2.59. The van der Waals surface area contributed by atoms with Crippen molar-refractivity contribution < 1.29 is 38.4 Å². The Bertz CT molecular complexity index is 1320. The fraction of sp³-hybridized carbons (Fsp3) is 0.688. The van der Waals surface area contributed by atoms with E-state index in [0.717, 1.165) is 38.4 Å². The molecule has 1 aromatic heterocycles. The molecule has 1 aliphatic carbocycles. The maximum absolute atomic E-state index is 13.1. The fourth-order valence-electron chi connectivity index (χ4n) is 5.54. The number of nitrogens with zero attached hydrogens (tertiary/aromatic N) is 2. The molecule has 1 aliphatic heterocycles. The number of nitriles is 1. The molecule has 0 radical (unpaired) electrons. The van der Waals surface area contributed by atoms with Crippen molar-refractivity contribution in [2.75, 3.05) is 13.2 Å². The van der Waals surface area contributed by atoms with Crippen LogP contribution in [0.25, 0.3) is 0 Å². The lowest BCUT2D eigenvalue weighted by atomic mass is 9.87. The van der Waals surface area contributed by atoms with Crippen LogP contribution in [0, 0.1) is 28.1 Å². The SMILES string of the molecule is CCOC(C)(C)C(=O)NC(=NC=N)c1ccc([C@]2(C#N)O[C@H](COC(=O)CC3CCCCC3)[C@@H](OC(=O)[C@@H](N)C(C)(C)C)[C@H]2O)[nH]1. The summed E-state index contributed by atoms with van der Waals surface area (Å²) in [6.07, 6.45) is 1.75. The second-order valence-electron chi connectivity index (χ2n) is 13.4. The van der Waals surface area contributed by atoms with Crippen LogP contribution in [0.4, 0.5) is 0 Å². The predicted molar refractivity (Wildman–Crippen MR) is 168 cm³/mol. The summed E-state index contributed by atoms with van der Waals surface area (Å²) in [5.74, 6) is -1.62. The average molecular weight is 645 g/mol. The lowest BCUT2D eigenvalue weighted by molar-refractivity contribution is -0.163. The predicted octanol–water partition coefficient (Wildman–Crippen LogP) is 2.58. The Kier molecular flexibility index (Phi) is 12.2. The van der Waals surface area contributed by atoms with E-state index in [9.17, 15) is 24.8 Å². The normalized spacial score (nSPS) is 24.9. The number of nitrogens with two attached hydrogens (primary N) is 1. The van der Waals surface area contributed by atoms with Gasteiger partial charge in [0.2, 0.25) is 5.60 Å². The van der Waals surface area contributed by atoms with Gasteiger partial charge in [0.15, 0.2) is 11.9 Å². The number of hydrogen-bond donors (Lipinski definition) is 5. The smallest absolute Gasteiger partial charge is 0.323 e. The molecule has 1 saturated carbocycles. The van der Waals surface area contributed by atoms with Crippen molar-refractivity contribution in [2.24, 2.45) is 22.1 Å². The highest BCUT2D eigenvalue weighted by Crippen LogP contribution is 2.41. The number of ether oxygens (including phenoxy) is 4. The minimum Gasteiger partial charge on any atom is -0.463 e. The molecule has 2 aliphatic rings. The van der Waals surface area contributed by atoms with Gasteiger partial charge in [0, 0.05) is 13.0 Å². The van der Waals surface area contributed by atoms with E-state index in [-0.39, 0.29) is 42.8 Å². The summed E-state index contributed by atoms with van der Waals surface area (Å²) in [6, 6.07) is 3.86. The van der Waals surface area contributed by atoms with E-state index >= 15 is 0 Å². The molecule has 254 valence electrons. The third-order valence-electron chi connectivity index (χ3n) is 8.44. The summed E-state index contributed by atoms with van der Waals surface area (Å²) in [5.41, 5.74) is 2.37. The highest BCUT2D eigenvalue weighted by molar-refractivity contribution is 6.10. The molecule has 3 rings (SSSR count). The van der Waals surface area contributed by atoms with Gasteiger partial charge in [0.05, 0.1) is 11.4 Å². The van der Waals surface area contributed by atoms with Crippen LogP contribution in [0.15, 0.2) is 17.1 Å². The average Bonchev–Trinajstić information content (AvgIpc) is 3.59. The first kappa shape index (κ1) is 36.8. The Labute approximate surface area is 269 Å². The molecule has 14 nitrogen and oxygen atoms in total. The molecular formula is C32H48N6O8. The zero-order valence-corrected chi connectivity index (χ0v) is 27.6. The Balaban J connectivity index is 1.90. The maximum atomic E-state index is 13.1. The zero-order valence-electron chi connectivity index (χ0n) is 27.6. The van der Waals surface area contributed by atoms with Crippen LogP contribution in [-0.4, -0.2) is 83.3 Å². The van der Waals surface area contributed by atoms with E-state index in [1.54, 1.807) is 41.5 Å². The number of amides is 1. The quantitative estimate of drug-likeness (QED) is 0.127. The zero-order chi connectivity index (χ0) is 34.3. The number of aromatic nitrogens is 1. The van der Waals surface area contributed by atoms with Gasteiger partial charge in [-0.1, -0.05) is 40.0 Å². The van der Waals surface area contributed by atoms with Gasteiger partial charge in [-0.25, -0.2) is 4.99 Å². The van der Waals surface area contributed by atoms with Gasteiger partial charge in [0.25, 0.3) is 5.91 Å². The Morgan fingerprint density at radius 1 is 1.26 bits per heavy atom. The summed E-state index contributed by atoms with van der Waals surface area (Å²) in [4.78, 5) is 45.6. The molecular weight excluding hydrogens is 596 g/mol. The molecule has 2 heterocycles. The summed E-state index contributed by atoms with van der Waals surface area (Å²) < 4.78 is 22.8. The summed E-state index contributed by atoms with van der Waals surface area (Å²) in [7, 11) is 0. The standard InChI is InChI=1S/C32H48N6O8/c1-7-44-31(5,6)29(42)38-27(36-18-34)20-13-14-22(37-20)32(17-33)26(40)24(45-28(41)25(35)30(2,3)4)21(46-32)16-43-23(39)15-19-11-9-8-10-12-19/h13-14,18-19,21,24-26,37,40H,7-12,15-16,35H2,1-6H3,(H2,34,36,38,42)/t21-,24-,25-,26-,32+/m1/s1. The number of H-pyrrole nitrogens is 1. The first-order valence-electron chi connectivity index (χ1n) is 15.7. The number of hydrogen-bond acceptors (Lipinski definition) is 11. The molecule has 0 aromatic carbocycles. The van der Waals surface area contributed by atoms with E-state index in [0.29, 0.717) is 0 Å². The van der Waals surface area contributed by atoms with Crippen LogP contribution in [0.2, 0.25) is 0 Å². The Morgan fingerprint density at radius 3 is 2.52 bits per heavy atom. The van der Waals surface area contributed by atoms with Crippen LogP contribution >= 0.6 is 0 Å². The largest absolute Gasteiger partial charge is 0.463 e. The summed E-state index contributed by atoms with van der Waals surface area (Å²) in [5, 5.41) is 32.1. The van der Waals surface area contributed by atoms with Crippen LogP contribution in [0.1, 0.15) is 91.5 Å². The molecule has 14 heteroatoms. The van der Waals surface area contributed by atoms with Crippen LogP contribution in [0.5, 0.6) is 0 Å². The van der Waals surface area contributed by atoms with E-state index in [4.69, 9.17) is 30.1 Å². The van der Waals surface area contributed by atoms with Crippen LogP contribution in [0.3, 0.4) is 0 Å². The van der Waals surface area contributed by atoms with Gasteiger partial charge in [-0.15, -0.1) is 0 Å². The number of aliphatic hydroxyl groups excluding tert-OH is 1. The molecule has 0 bridgehead atoms. The second kappa shape index (κ2) is 15.3. The minimum absolute atomic E-state index is 0.0469. The topological polar surface area (TPSA) is 222 Å². The number of carbonyl (C=O) groups excluding carboxylic acids is 3. The minimum atomic E-state index is -2.11. The fourth-order valence-corrected chi connectivity index (χ4v) is 5.54. The van der Waals surface area contributed by atoms with Gasteiger partial charge in [-0.2, -0.15) is 5.26 Å². The number of aliphatic imine (C=N–C) groups is 1. The second-order valence-corrected chi connectivity index (χ2v) is 13.4. The number of aromatic amines is 1. The molecule has 0 unspecified atom stereocenters. The third-order valence-corrected chi connectivity index (χ3v) is 8.44. The van der Waals surface area contributed by atoms with Gasteiger partial charge in [-0.05, 0) is 57.1 Å². The lowest BCUT2D eigenvalue weighted by Crippen LogP contribution is -2.49.